The summed E-state index contributed by atoms with van der Waals surface area (Å²) in [4.78, 5) is 0. The average Bonchev–Trinajstić information content (AvgIpc) is 3.12. The third kappa shape index (κ3) is 3.58. The molecule has 0 aromatic heterocycles. The fraction of sp³-hybridized carbons (Fsp3) is 0.857. The summed E-state index contributed by atoms with van der Waals surface area (Å²) >= 11 is 0. The van der Waals surface area contributed by atoms with Gasteiger partial charge in [0.05, 0.1) is 6.10 Å². The molecular weight excluding hydrogens is 352 g/mol. The predicted octanol–water partition coefficient (Wildman–Crippen LogP) is 7.55. The molecule has 0 spiro atoms. The Labute approximate surface area is 190 Å². The van der Waals surface area contributed by atoms with Crippen LogP contribution >= 0.6 is 0 Å². The van der Waals surface area contributed by atoms with Crippen molar-refractivity contribution in [2.45, 2.75) is 105 Å². The molecular formula is C28H46O. The molecule has 4 rings (SSSR count). The standard InChI is InChI=1S/C28H46O/c1-18(2)19(3)7-8-20(4)24-11-12-25-23-10-9-21-17-22(29)13-15-27(21,5)26(23)14-16-28(24,25)6/h10,18,20-22,24-26,29H,3,7-9,11-17H2,1-2,4-6H3/t20-,21+,22+,24-,25+,26+,27+,28-/m1/s1/i1D3,2D3,18D. The number of fused-ring (bicyclic) bond motifs is 5. The molecule has 164 valence electrons. The number of hydrogen-bond acceptors (Lipinski definition) is 1. The smallest absolute Gasteiger partial charge is 0.0543 e. The number of aliphatic hydroxyl groups is 1. The van der Waals surface area contributed by atoms with Crippen molar-refractivity contribution in [3.05, 3.63) is 23.8 Å². The highest BCUT2D eigenvalue weighted by Crippen LogP contribution is 2.66. The minimum atomic E-state index is -2.95. The zero-order valence-corrected chi connectivity index (χ0v) is 18.8. The molecule has 0 radical (unpaired) electrons. The molecule has 29 heavy (non-hydrogen) atoms. The van der Waals surface area contributed by atoms with E-state index in [0.717, 1.165) is 32.1 Å². The van der Waals surface area contributed by atoms with Crippen molar-refractivity contribution in [3.63, 3.8) is 0 Å². The third-order valence-electron chi connectivity index (χ3n) is 10.1. The molecule has 0 aliphatic heterocycles. The number of rotatable bonds is 5. The Morgan fingerprint density at radius 1 is 1.21 bits per heavy atom. The Morgan fingerprint density at radius 2 is 1.93 bits per heavy atom. The van der Waals surface area contributed by atoms with E-state index in [1.54, 1.807) is 5.57 Å². The molecule has 0 bridgehead atoms. The van der Waals surface area contributed by atoms with Crippen LogP contribution in [0.25, 0.3) is 0 Å². The van der Waals surface area contributed by atoms with Gasteiger partial charge in [-0.15, -0.1) is 0 Å². The summed E-state index contributed by atoms with van der Waals surface area (Å²) in [6, 6.07) is 0. The fourth-order valence-corrected chi connectivity index (χ4v) is 8.19. The molecule has 0 heterocycles. The molecule has 1 N–H and O–H groups in total. The van der Waals surface area contributed by atoms with Gasteiger partial charge in [-0.05, 0) is 111 Å². The van der Waals surface area contributed by atoms with Gasteiger partial charge in [-0.1, -0.05) is 58.3 Å². The van der Waals surface area contributed by atoms with Crippen LogP contribution in [-0.4, -0.2) is 11.2 Å². The molecule has 0 aromatic carbocycles. The van der Waals surface area contributed by atoms with Crippen LogP contribution in [0.15, 0.2) is 23.8 Å². The molecule has 0 saturated heterocycles. The summed E-state index contributed by atoms with van der Waals surface area (Å²) in [7, 11) is 0. The van der Waals surface area contributed by atoms with E-state index >= 15 is 0 Å². The Kier molecular flexibility index (Phi) is 3.92. The first-order valence-electron chi connectivity index (χ1n) is 15.5. The SMILES string of the molecule is [2H]C([2H])([2H])C([2H])(C(=C)CC[C@@H](C)[C@H]1CC[C@H]2C3=CC[C@H]4C[C@@H](O)CC[C@]4(C)[C@H]3CC[C@]12C)C([2H])([2H])[2H]. The van der Waals surface area contributed by atoms with Gasteiger partial charge in [0, 0.05) is 9.60 Å². The van der Waals surface area contributed by atoms with Crippen LogP contribution in [0, 0.1) is 46.3 Å². The minimum Gasteiger partial charge on any atom is -0.393 e. The largest absolute Gasteiger partial charge is 0.393 e. The maximum Gasteiger partial charge on any atom is 0.0543 e. The Hall–Kier alpha value is -0.560. The topological polar surface area (TPSA) is 20.2 Å². The van der Waals surface area contributed by atoms with E-state index < -0.39 is 19.6 Å². The monoisotopic (exact) mass is 405 g/mol. The van der Waals surface area contributed by atoms with Crippen molar-refractivity contribution >= 4 is 0 Å². The van der Waals surface area contributed by atoms with E-state index in [-0.39, 0.29) is 23.5 Å². The van der Waals surface area contributed by atoms with Crippen LogP contribution in [0.1, 0.15) is 108 Å². The summed E-state index contributed by atoms with van der Waals surface area (Å²) in [6.07, 6.45) is 12.1. The highest BCUT2D eigenvalue weighted by molar-refractivity contribution is 5.27. The van der Waals surface area contributed by atoms with Gasteiger partial charge in [0.15, 0.2) is 0 Å². The van der Waals surface area contributed by atoms with Crippen LogP contribution in [-0.2, 0) is 0 Å². The molecule has 0 unspecified atom stereocenters. The first-order chi connectivity index (χ1) is 16.5. The van der Waals surface area contributed by atoms with Crippen LogP contribution < -0.4 is 0 Å². The lowest BCUT2D eigenvalue weighted by atomic mass is 9.47. The van der Waals surface area contributed by atoms with Gasteiger partial charge < -0.3 is 5.11 Å². The molecule has 3 fully saturated rings. The quantitative estimate of drug-likeness (QED) is 0.468. The summed E-state index contributed by atoms with van der Waals surface area (Å²) in [5.74, 6) is -0.0378. The van der Waals surface area contributed by atoms with Crippen molar-refractivity contribution in [3.8, 4) is 0 Å². The summed E-state index contributed by atoms with van der Waals surface area (Å²) in [5.41, 5.74) is 2.18. The molecule has 0 aromatic rings. The molecule has 8 atom stereocenters. The zero-order chi connectivity index (χ0) is 26.9. The fourth-order valence-electron chi connectivity index (χ4n) is 8.19. The van der Waals surface area contributed by atoms with Gasteiger partial charge in [0.25, 0.3) is 0 Å². The van der Waals surface area contributed by atoms with Crippen LogP contribution in [0.3, 0.4) is 0 Å². The molecule has 1 nitrogen and oxygen atoms in total. The Bertz CT molecular complexity index is 875. The highest BCUT2D eigenvalue weighted by atomic mass is 16.3. The second-order valence-electron chi connectivity index (χ2n) is 11.4. The van der Waals surface area contributed by atoms with Crippen molar-refractivity contribution in [1.82, 2.24) is 0 Å². The number of aliphatic hydroxyl groups excluding tert-OH is 1. The van der Waals surface area contributed by atoms with Gasteiger partial charge in [0.2, 0.25) is 0 Å². The molecule has 1 heteroatoms. The first kappa shape index (κ1) is 14.5. The zero-order valence-electron chi connectivity index (χ0n) is 25.8. The summed E-state index contributed by atoms with van der Waals surface area (Å²) in [6.45, 7) is 5.09. The minimum absolute atomic E-state index is 0.00574. The van der Waals surface area contributed by atoms with Gasteiger partial charge >= 0.3 is 0 Å². The average molecular weight is 406 g/mol. The lowest BCUT2D eigenvalue weighted by Crippen LogP contribution is -2.49. The van der Waals surface area contributed by atoms with E-state index in [2.05, 4.69) is 33.4 Å². The lowest BCUT2D eigenvalue weighted by Gasteiger charge is -2.57. The van der Waals surface area contributed by atoms with E-state index in [1.807, 2.05) is 0 Å². The number of hydrogen-bond donors (Lipinski definition) is 1. The molecule has 3 saturated carbocycles. The summed E-state index contributed by atoms with van der Waals surface area (Å²) < 4.78 is 55.0. The Balaban J connectivity index is 1.48. The predicted molar refractivity (Wildman–Crippen MR) is 124 cm³/mol. The molecule has 4 aliphatic carbocycles. The maximum atomic E-state index is 10.3. The van der Waals surface area contributed by atoms with Crippen LogP contribution in [0.4, 0.5) is 0 Å². The van der Waals surface area contributed by atoms with E-state index in [9.17, 15) is 5.11 Å². The molecule has 4 aliphatic rings. The second-order valence-corrected chi connectivity index (χ2v) is 11.4. The first-order valence-corrected chi connectivity index (χ1v) is 12.0. The van der Waals surface area contributed by atoms with Crippen molar-refractivity contribution in [1.29, 1.82) is 0 Å². The third-order valence-corrected chi connectivity index (χ3v) is 10.1. The van der Waals surface area contributed by atoms with E-state index in [1.165, 1.54) is 19.3 Å². The van der Waals surface area contributed by atoms with E-state index in [0.29, 0.717) is 41.4 Å². The molecule has 0 amide bonds. The van der Waals surface area contributed by atoms with Crippen LogP contribution in [0.5, 0.6) is 0 Å². The van der Waals surface area contributed by atoms with Crippen molar-refractivity contribution < 1.29 is 14.7 Å². The van der Waals surface area contributed by atoms with Crippen molar-refractivity contribution in [2.24, 2.45) is 46.3 Å². The summed E-state index contributed by atoms with van der Waals surface area (Å²) in [5, 5.41) is 10.3. The highest BCUT2D eigenvalue weighted by Gasteiger charge is 2.58. The maximum absolute atomic E-state index is 10.3. The lowest BCUT2D eigenvalue weighted by molar-refractivity contribution is -0.0427. The van der Waals surface area contributed by atoms with Crippen molar-refractivity contribution in [2.75, 3.05) is 0 Å². The number of allylic oxidation sites excluding steroid dienone is 3. The Morgan fingerprint density at radius 3 is 2.69 bits per heavy atom. The second kappa shape index (κ2) is 7.85. The van der Waals surface area contributed by atoms with Crippen LogP contribution in [0.2, 0.25) is 0 Å². The van der Waals surface area contributed by atoms with Gasteiger partial charge in [-0.25, -0.2) is 0 Å². The normalized spacial score (nSPS) is 50.0. The van der Waals surface area contributed by atoms with Gasteiger partial charge in [-0.3, -0.25) is 0 Å². The van der Waals surface area contributed by atoms with Gasteiger partial charge in [0.1, 0.15) is 0 Å². The van der Waals surface area contributed by atoms with Gasteiger partial charge in [-0.2, -0.15) is 0 Å². The van der Waals surface area contributed by atoms with E-state index in [4.69, 9.17) is 9.60 Å².